The Morgan fingerprint density at radius 3 is 2.36 bits per heavy atom. The van der Waals surface area contributed by atoms with E-state index in [1.165, 1.54) is 18.2 Å². The zero-order chi connectivity index (χ0) is 10.9. The first-order valence-corrected chi connectivity index (χ1v) is 5.88. The van der Waals surface area contributed by atoms with Crippen molar-refractivity contribution in [3.63, 3.8) is 0 Å². The lowest BCUT2D eigenvalue weighted by Crippen LogP contribution is -2.12. The first-order chi connectivity index (χ1) is 6.30. The SMILES string of the molecule is CS(=O)(=O)c1cc(Cl)cc(C(N)=O)c1. The van der Waals surface area contributed by atoms with Gasteiger partial charge in [-0.05, 0) is 18.2 Å². The molecule has 0 aliphatic heterocycles. The van der Waals surface area contributed by atoms with Gasteiger partial charge in [0.05, 0.1) is 4.90 Å². The molecule has 0 aromatic heterocycles. The predicted octanol–water partition coefficient (Wildman–Crippen LogP) is 0.842. The van der Waals surface area contributed by atoms with Crippen LogP contribution in [0.15, 0.2) is 23.1 Å². The minimum atomic E-state index is -3.37. The highest BCUT2D eigenvalue weighted by molar-refractivity contribution is 7.90. The number of benzene rings is 1. The molecular formula is C8H8ClNO3S. The second-order valence-electron chi connectivity index (χ2n) is 2.81. The van der Waals surface area contributed by atoms with Gasteiger partial charge in [0.25, 0.3) is 0 Å². The van der Waals surface area contributed by atoms with Gasteiger partial charge in [-0.3, -0.25) is 4.79 Å². The lowest BCUT2D eigenvalue weighted by Gasteiger charge is -2.01. The van der Waals surface area contributed by atoms with Crippen molar-refractivity contribution >= 4 is 27.3 Å². The van der Waals surface area contributed by atoms with Crippen LogP contribution in [0.5, 0.6) is 0 Å². The summed E-state index contributed by atoms with van der Waals surface area (Å²) in [6.07, 6.45) is 1.03. The summed E-state index contributed by atoms with van der Waals surface area (Å²) >= 11 is 5.63. The highest BCUT2D eigenvalue weighted by atomic mass is 35.5. The Hall–Kier alpha value is -1.07. The van der Waals surface area contributed by atoms with Crippen LogP contribution in [0.2, 0.25) is 5.02 Å². The van der Waals surface area contributed by atoms with Crippen molar-refractivity contribution in [3.05, 3.63) is 28.8 Å². The summed E-state index contributed by atoms with van der Waals surface area (Å²) in [6, 6.07) is 3.78. The molecule has 0 aliphatic carbocycles. The Labute approximate surface area is 86.6 Å². The molecule has 6 heteroatoms. The zero-order valence-corrected chi connectivity index (χ0v) is 8.89. The van der Waals surface area contributed by atoms with Crippen molar-refractivity contribution < 1.29 is 13.2 Å². The normalized spacial score (nSPS) is 11.3. The van der Waals surface area contributed by atoms with Gasteiger partial charge in [-0.15, -0.1) is 0 Å². The molecular weight excluding hydrogens is 226 g/mol. The average Bonchev–Trinajstić information content (AvgIpc) is 2.01. The van der Waals surface area contributed by atoms with Crippen molar-refractivity contribution in [2.75, 3.05) is 6.26 Å². The summed E-state index contributed by atoms with van der Waals surface area (Å²) in [5.74, 6) is -0.711. The minimum absolute atomic E-state index is 0.0150. The summed E-state index contributed by atoms with van der Waals surface area (Å²) < 4.78 is 22.3. The number of hydrogen-bond donors (Lipinski definition) is 1. The molecule has 76 valence electrons. The fourth-order valence-electron chi connectivity index (χ4n) is 0.919. The number of carbonyl (C=O) groups is 1. The van der Waals surface area contributed by atoms with E-state index in [0.717, 1.165) is 6.26 Å². The van der Waals surface area contributed by atoms with Crippen LogP contribution in [0.3, 0.4) is 0 Å². The van der Waals surface area contributed by atoms with Gasteiger partial charge in [0.1, 0.15) is 0 Å². The van der Waals surface area contributed by atoms with E-state index in [4.69, 9.17) is 17.3 Å². The van der Waals surface area contributed by atoms with Gasteiger partial charge in [-0.2, -0.15) is 0 Å². The molecule has 0 atom stereocenters. The monoisotopic (exact) mass is 233 g/mol. The standard InChI is InChI=1S/C8H8ClNO3S/c1-14(12,13)7-3-5(8(10)11)2-6(9)4-7/h2-4H,1H3,(H2,10,11). The number of rotatable bonds is 2. The van der Waals surface area contributed by atoms with E-state index in [1.54, 1.807) is 0 Å². The summed E-state index contributed by atoms with van der Waals surface area (Å²) in [7, 11) is -3.37. The van der Waals surface area contributed by atoms with Crippen molar-refractivity contribution in [1.82, 2.24) is 0 Å². The molecule has 1 amide bonds. The lowest BCUT2D eigenvalue weighted by molar-refractivity contribution is 0.1000. The molecule has 2 N–H and O–H groups in total. The molecule has 0 fully saturated rings. The fourth-order valence-corrected chi connectivity index (χ4v) is 1.90. The van der Waals surface area contributed by atoms with Gasteiger partial charge in [0.2, 0.25) is 5.91 Å². The zero-order valence-electron chi connectivity index (χ0n) is 7.32. The Morgan fingerprint density at radius 2 is 1.93 bits per heavy atom. The maximum atomic E-state index is 11.1. The fraction of sp³-hybridized carbons (Fsp3) is 0.125. The Morgan fingerprint density at radius 1 is 1.36 bits per heavy atom. The van der Waals surface area contributed by atoms with Gasteiger partial charge in [-0.25, -0.2) is 8.42 Å². The molecule has 0 aliphatic rings. The Bertz CT molecular complexity index is 481. The van der Waals surface area contributed by atoms with Crippen LogP contribution < -0.4 is 5.73 Å². The van der Waals surface area contributed by atoms with Crippen molar-refractivity contribution in [1.29, 1.82) is 0 Å². The molecule has 0 saturated carbocycles. The molecule has 14 heavy (non-hydrogen) atoms. The smallest absolute Gasteiger partial charge is 0.248 e. The number of nitrogens with two attached hydrogens (primary N) is 1. The number of sulfone groups is 1. The Kier molecular flexibility index (Phi) is 2.82. The van der Waals surface area contributed by atoms with E-state index < -0.39 is 15.7 Å². The Balaban J connectivity index is 3.43. The van der Waals surface area contributed by atoms with Crippen LogP contribution in [0.1, 0.15) is 10.4 Å². The average molecular weight is 234 g/mol. The van der Waals surface area contributed by atoms with Crippen LogP contribution in [-0.4, -0.2) is 20.6 Å². The summed E-state index contributed by atoms with van der Waals surface area (Å²) in [6.45, 7) is 0. The van der Waals surface area contributed by atoms with Gasteiger partial charge >= 0.3 is 0 Å². The topological polar surface area (TPSA) is 77.2 Å². The first-order valence-electron chi connectivity index (χ1n) is 3.61. The second kappa shape index (κ2) is 3.59. The number of carbonyl (C=O) groups excluding carboxylic acids is 1. The third-order valence-electron chi connectivity index (χ3n) is 1.58. The summed E-state index contributed by atoms with van der Waals surface area (Å²) in [5, 5.41) is 0.168. The van der Waals surface area contributed by atoms with E-state index in [2.05, 4.69) is 0 Å². The maximum Gasteiger partial charge on any atom is 0.248 e. The molecule has 0 spiro atoms. The molecule has 0 saturated heterocycles. The van der Waals surface area contributed by atoms with E-state index >= 15 is 0 Å². The quantitative estimate of drug-likeness (QED) is 0.822. The predicted molar refractivity (Wildman–Crippen MR) is 53.1 cm³/mol. The van der Waals surface area contributed by atoms with E-state index in [-0.39, 0.29) is 15.5 Å². The van der Waals surface area contributed by atoms with Gasteiger partial charge in [0, 0.05) is 16.8 Å². The number of amides is 1. The molecule has 4 nitrogen and oxygen atoms in total. The van der Waals surface area contributed by atoms with Crippen LogP contribution >= 0.6 is 11.6 Å². The molecule has 1 aromatic rings. The van der Waals surface area contributed by atoms with Gasteiger partial charge in [-0.1, -0.05) is 11.6 Å². The van der Waals surface area contributed by atoms with Gasteiger partial charge < -0.3 is 5.73 Å². The number of primary amides is 1. The second-order valence-corrected chi connectivity index (χ2v) is 5.26. The van der Waals surface area contributed by atoms with Crippen LogP contribution in [0.25, 0.3) is 0 Å². The number of hydrogen-bond acceptors (Lipinski definition) is 3. The van der Waals surface area contributed by atoms with Crippen LogP contribution in [0.4, 0.5) is 0 Å². The molecule has 0 heterocycles. The molecule has 0 unspecified atom stereocenters. The molecule has 0 bridgehead atoms. The summed E-state index contributed by atoms with van der Waals surface area (Å²) in [5.41, 5.74) is 5.08. The third kappa shape index (κ3) is 2.46. The molecule has 1 rings (SSSR count). The highest BCUT2D eigenvalue weighted by Crippen LogP contribution is 2.18. The van der Waals surface area contributed by atoms with Crippen molar-refractivity contribution in [3.8, 4) is 0 Å². The van der Waals surface area contributed by atoms with Crippen LogP contribution in [0, 0.1) is 0 Å². The van der Waals surface area contributed by atoms with Crippen molar-refractivity contribution in [2.24, 2.45) is 5.73 Å². The van der Waals surface area contributed by atoms with Crippen molar-refractivity contribution in [2.45, 2.75) is 4.90 Å². The maximum absolute atomic E-state index is 11.1. The van der Waals surface area contributed by atoms with E-state index in [9.17, 15) is 13.2 Å². The first kappa shape index (κ1) is 11.0. The van der Waals surface area contributed by atoms with E-state index in [0.29, 0.717) is 0 Å². The molecule has 1 aromatic carbocycles. The highest BCUT2D eigenvalue weighted by Gasteiger charge is 2.11. The van der Waals surface area contributed by atoms with E-state index in [1.807, 2.05) is 0 Å². The van der Waals surface area contributed by atoms with Gasteiger partial charge in [0.15, 0.2) is 9.84 Å². The third-order valence-corrected chi connectivity index (χ3v) is 2.89. The lowest BCUT2D eigenvalue weighted by atomic mass is 10.2. The van der Waals surface area contributed by atoms with Crippen LogP contribution in [-0.2, 0) is 9.84 Å². The minimum Gasteiger partial charge on any atom is -0.366 e. The summed E-state index contributed by atoms with van der Waals surface area (Å²) in [4.78, 5) is 10.8. The number of halogens is 1. The molecule has 0 radical (unpaired) electrons. The largest absolute Gasteiger partial charge is 0.366 e.